The average molecular weight is 269 g/mol. The molecular weight excluding hydrogens is 246 g/mol. The molecule has 0 radical (unpaired) electrons. The number of hydrogen-bond donors (Lipinski definition) is 3. The molecule has 1 aromatic heterocycles. The molecule has 7 nitrogen and oxygen atoms in total. The molecule has 0 saturated heterocycles. The van der Waals surface area contributed by atoms with Crippen molar-refractivity contribution in [2.75, 3.05) is 25.0 Å². The Hall–Kier alpha value is -1.63. The second-order valence-electron chi connectivity index (χ2n) is 4.25. The summed E-state index contributed by atoms with van der Waals surface area (Å²) >= 11 is 0. The van der Waals surface area contributed by atoms with Crippen molar-refractivity contribution >= 4 is 11.9 Å². The maximum absolute atomic E-state index is 11.4. The van der Waals surface area contributed by atoms with Crippen molar-refractivity contribution in [2.45, 2.75) is 39.7 Å². The van der Waals surface area contributed by atoms with Gasteiger partial charge in [0.1, 0.15) is 0 Å². The summed E-state index contributed by atoms with van der Waals surface area (Å²) in [4.78, 5) is 11.4. The van der Waals surface area contributed by atoms with Gasteiger partial charge in [-0.05, 0) is 19.9 Å². The number of anilines is 1. The molecule has 0 fully saturated rings. The fraction of sp³-hybridized carbons (Fsp3) is 0.750. The Morgan fingerprint density at radius 3 is 2.79 bits per heavy atom. The van der Waals surface area contributed by atoms with Crippen molar-refractivity contribution < 1.29 is 9.21 Å². The van der Waals surface area contributed by atoms with E-state index in [0.717, 1.165) is 13.0 Å². The van der Waals surface area contributed by atoms with E-state index >= 15 is 0 Å². The van der Waals surface area contributed by atoms with E-state index in [1.165, 1.54) is 0 Å². The largest absolute Gasteiger partial charge is 0.406 e. The third-order valence-corrected chi connectivity index (χ3v) is 2.52. The lowest BCUT2D eigenvalue weighted by molar-refractivity contribution is -0.120. The van der Waals surface area contributed by atoms with E-state index in [1.54, 1.807) is 0 Å². The lowest BCUT2D eigenvalue weighted by Crippen LogP contribution is -2.25. The molecule has 7 heteroatoms. The molecule has 0 saturated carbocycles. The minimum Gasteiger partial charge on any atom is -0.406 e. The predicted molar refractivity (Wildman–Crippen MR) is 72.8 cm³/mol. The molecule has 3 N–H and O–H groups in total. The Morgan fingerprint density at radius 1 is 1.32 bits per heavy atom. The first-order valence-electron chi connectivity index (χ1n) is 6.74. The minimum atomic E-state index is 0.0232. The van der Waals surface area contributed by atoms with Gasteiger partial charge in [0.15, 0.2) is 0 Å². The molecule has 1 heterocycles. The molecule has 0 aliphatic carbocycles. The Labute approximate surface area is 113 Å². The molecule has 1 unspecified atom stereocenters. The number of rotatable bonds is 9. The lowest BCUT2D eigenvalue weighted by Gasteiger charge is -2.06. The van der Waals surface area contributed by atoms with Crippen molar-refractivity contribution in [1.29, 1.82) is 0 Å². The zero-order valence-electron chi connectivity index (χ0n) is 11.8. The molecule has 0 bridgehead atoms. The summed E-state index contributed by atoms with van der Waals surface area (Å²) in [5.74, 6) is 0.565. The Kier molecular flexibility index (Phi) is 6.88. The van der Waals surface area contributed by atoms with Gasteiger partial charge in [0.05, 0.1) is 6.04 Å². The molecule has 108 valence electrons. The van der Waals surface area contributed by atoms with Crippen LogP contribution in [0.25, 0.3) is 0 Å². The van der Waals surface area contributed by atoms with E-state index in [-0.39, 0.29) is 11.9 Å². The van der Waals surface area contributed by atoms with E-state index < -0.39 is 0 Å². The van der Waals surface area contributed by atoms with Gasteiger partial charge >= 0.3 is 6.01 Å². The summed E-state index contributed by atoms with van der Waals surface area (Å²) in [6, 6.07) is 0.379. The number of aromatic nitrogens is 2. The third kappa shape index (κ3) is 5.69. The number of carbonyl (C=O) groups is 1. The molecule has 1 amide bonds. The van der Waals surface area contributed by atoms with E-state index in [9.17, 15) is 4.79 Å². The van der Waals surface area contributed by atoms with Gasteiger partial charge in [-0.2, -0.15) is 0 Å². The van der Waals surface area contributed by atoms with Gasteiger partial charge in [-0.15, -0.1) is 5.10 Å². The summed E-state index contributed by atoms with van der Waals surface area (Å²) in [5.41, 5.74) is 0. The van der Waals surface area contributed by atoms with E-state index in [0.29, 0.717) is 31.4 Å². The first-order chi connectivity index (χ1) is 9.17. The fourth-order valence-electron chi connectivity index (χ4n) is 1.51. The number of amides is 1. The van der Waals surface area contributed by atoms with Crippen LogP contribution < -0.4 is 16.0 Å². The number of nitrogens with zero attached hydrogens (tertiary/aromatic N) is 2. The van der Waals surface area contributed by atoms with Crippen molar-refractivity contribution in [3.05, 3.63) is 5.89 Å². The highest BCUT2D eigenvalue weighted by molar-refractivity contribution is 5.76. The molecule has 0 spiro atoms. The second kappa shape index (κ2) is 8.47. The van der Waals surface area contributed by atoms with Crippen LogP contribution in [0.3, 0.4) is 0 Å². The van der Waals surface area contributed by atoms with Crippen LogP contribution in [0.2, 0.25) is 0 Å². The van der Waals surface area contributed by atoms with E-state index in [2.05, 4.69) is 26.1 Å². The van der Waals surface area contributed by atoms with E-state index in [4.69, 9.17) is 4.42 Å². The zero-order chi connectivity index (χ0) is 14.1. The Balaban J connectivity index is 2.28. The first kappa shape index (κ1) is 15.4. The van der Waals surface area contributed by atoms with Crippen molar-refractivity contribution in [3.63, 3.8) is 0 Å². The summed E-state index contributed by atoms with van der Waals surface area (Å²) < 4.78 is 5.43. The number of hydrogen-bond acceptors (Lipinski definition) is 6. The maximum atomic E-state index is 11.4. The van der Waals surface area contributed by atoms with Crippen LogP contribution in [0.15, 0.2) is 4.42 Å². The fourth-order valence-corrected chi connectivity index (χ4v) is 1.51. The van der Waals surface area contributed by atoms with Crippen LogP contribution in [0.4, 0.5) is 6.01 Å². The molecule has 0 aliphatic rings. The molecule has 19 heavy (non-hydrogen) atoms. The maximum Gasteiger partial charge on any atom is 0.315 e. The van der Waals surface area contributed by atoms with Crippen LogP contribution in [-0.2, 0) is 4.79 Å². The number of nitrogens with one attached hydrogen (secondary N) is 3. The van der Waals surface area contributed by atoms with Crippen LogP contribution in [0, 0.1) is 0 Å². The highest BCUT2D eigenvalue weighted by Crippen LogP contribution is 2.12. The van der Waals surface area contributed by atoms with Gasteiger partial charge in [-0.3, -0.25) is 4.79 Å². The monoisotopic (exact) mass is 269 g/mol. The van der Waals surface area contributed by atoms with Gasteiger partial charge in [-0.1, -0.05) is 18.9 Å². The normalized spacial score (nSPS) is 12.2. The van der Waals surface area contributed by atoms with Crippen molar-refractivity contribution in [2.24, 2.45) is 0 Å². The zero-order valence-corrected chi connectivity index (χ0v) is 11.8. The van der Waals surface area contributed by atoms with Gasteiger partial charge < -0.3 is 20.4 Å². The van der Waals surface area contributed by atoms with Crippen LogP contribution in [-0.4, -0.2) is 35.7 Å². The molecule has 0 aliphatic heterocycles. The average Bonchev–Trinajstić information content (AvgIpc) is 2.85. The lowest BCUT2D eigenvalue weighted by atomic mass is 10.3. The van der Waals surface area contributed by atoms with Gasteiger partial charge in [0.2, 0.25) is 11.8 Å². The number of carbonyl (C=O) groups excluding carboxylic acids is 1. The molecule has 1 rings (SSSR count). The van der Waals surface area contributed by atoms with Crippen LogP contribution in [0.5, 0.6) is 0 Å². The van der Waals surface area contributed by atoms with Gasteiger partial charge in [-0.25, -0.2) is 0 Å². The molecule has 1 atom stereocenters. The van der Waals surface area contributed by atoms with Crippen LogP contribution >= 0.6 is 0 Å². The first-order valence-corrected chi connectivity index (χ1v) is 6.74. The summed E-state index contributed by atoms with van der Waals surface area (Å²) in [5, 5.41) is 16.7. The second-order valence-corrected chi connectivity index (χ2v) is 4.25. The summed E-state index contributed by atoms with van der Waals surface area (Å²) in [7, 11) is 0. The van der Waals surface area contributed by atoms with E-state index in [1.807, 2.05) is 20.8 Å². The quantitative estimate of drug-likeness (QED) is 0.621. The smallest absolute Gasteiger partial charge is 0.315 e. The van der Waals surface area contributed by atoms with Gasteiger partial charge in [0.25, 0.3) is 0 Å². The van der Waals surface area contributed by atoms with Gasteiger partial charge in [0, 0.05) is 19.5 Å². The summed E-state index contributed by atoms with van der Waals surface area (Å²) in [6.45, 7) is 8.02. The topological polar surface area (TPSA) is 92.1 Å². The highest BCUT2D eigenvalue weighted by atomic mass is 16.4. The Bertz CT molecular complexity index is 380. The molecule has 0 aromatic carbocycles. The molecule has 1 aromatic rings. The SMILES string of the molecule is CCCNC(=O)CCNc1nnc(C(C)NCC)o1. The van der Waals surface area contributed by atoms with Crippen molar-refractivity contribution in [3.8, 4) is 0 Å². The Morgan fingerprint density at radius 2 is 2.11 bits per heavy atom. The highest BCUT2D eigenvalue weighted by Gasteiger charge is 2.12. The predicted octanol–water partition coefficient (Wildman–Crippen LogP) is 1.07. The molecular formula is C12H23N5O2. The van der Waals surface area contributed by atoms with Crippen LogP contribution in [0.1, 0.15) is 45.5 Å². The van der Waals surface area contributed by atoms with Crippen molar-refractivity contribution in [1.82, 2.24) is 20.8 Å². The third-order valence-electron chi connectivity index (χ3n) is 2.52. The summed E-state index contributed by atoms with van der Waals surface area (Å²) in [6.07, 6.45) is 1.33. The standard InChI is InChI=1S/C12H23N5O2/c1-4-7-14-10(18)6-8-15-12-17-16-11(19-12)9(3)13-5-2/h9,13H,4-8H2,1-3H3,(H,14,18)(H,15,17). The minimum absolute atomic E-state index is 0.0232.